The smallest absolute Gasteiger partial charge is 0.0344 e. The van der Waals surface area contributed by atoms with Crippen LogP contribution in [0.4, 0.5) is 0 Å². The van der Waals surface area contributed by atoms with Gasteiger partial charge < -0.3 is 5.73 Å². The van der Waals surface area contributed by atoms with Gasteiger partial charge in [-0.25, -0.2) is 0 Å². The Labute approximate surface area is 100 Å². The van der Waals surface area contributed by atoms with Gasteiger partial charge in [-0.05, 0) is 34.9 Å². The molecule has 90 valence electrons. The van der Waals surface area contributed by atoms with Crippen LogP contribution in [0.1, 0.15) is 57.4 Å². The van der Waals surface area contributed by atoms with Crippen molar-refractivity contribution in [1.82, 2.24) is 0 Å². The number of hydrogen-bond acceptors (Lipinski definition) is 1. The summed E-state index contributed by atoms with van der Waals surface area (Å²) in [5.74, 6) is 0. The van der Waals surface area contributed by atoms with Crippen molar-refractivity contribution in [3.63, 3.8) is 0 Å². The summed E-state index contributed by atoms with van der Waals surface area (Å²) in [5, 5.41) is 0. The number of aryl methyl sites for hydroxylation is 2. The van der Waals surface area contributed by atoms with E-state index in [-0.39, 0.29) is 11.5 Å². The molecule has 16 heavy (non-hydrogen) atoms. The van der Waals surface area contributed by atoms with Gasteiger partial charge >= 0.3 is 0 Å². The third-order valence-electron chi connectivity index (χ3n) is 3.28. The van der Waals surface area contributed by atoms with Gasteiger partial charge in [0.15, 0.2) is 0 Å². The van der Waals surface area contributed by atoms with E-state index < -0.39 is 0 Å². The fourth-order valence-electron chi connectivity index (χ4n) is 2.01. The van der Waals surface area contributed by atoms with E-state index in [4.69, 9.17) is 5.73 Å². The van der Waals surface area contributed by atoms with Crippen LogP contribution in [0.25, 0.3) is 0 Å². The van der Waals surface area contributed by atoms with E-state index in [9.17, 15) is 0 Å². The van der Waals surface area contributed by atoms with Crippen molar-refractivity contribution < 1.29 is 0 Å². The molecule has 1 nitrogen and oxygen atoms in total. The Morgan fingerprint density at radius 3 is 2.06 bits per heavy atom. The summed E-state index contributed by atoms with van der Waals surface area (Å²) in [6, 6.07) is 6.83. The van der Waals surface area contributed by atoms with E-state index in [1.54, 1.807) is 0 Å². The van der Waals surface area contributed by atoms with Crippen LogP contribution in [-0.2, 0) is 12.8 Å². The van der Waals surface area contributed by atoms with Crippen LogP contribution >= 0.6 is 0 Å². The minimum atomic E-state index is 0.115. The zero-order valence-corrected chi connectivity index (χ0v) is 11.3. The average Bonchev–Trinajstić information content (AvgIpc) is 2.25. The molecule has 0 aromatic heterocycles. The fourth-order valence-corrected chi connectivity index (χ4v) is 2.01. The van der Waals surface area contributed by atoms with Gasteiger partial charge in [-0.2, -0.15) is 0 Å². The molecule has 0 saturated carbocycles. The van der Waals surface area contributed by atoms with Crippen molar-refractivity contribution in [1.29, 1.82) is 0 Å². The molecule has 0 aliphatic heterocycles. The predicted octanol–water partition coefficient (Wildman–Crippen LogP) is 3.86. The summed E-state index contributed by atoms with van der Waals surface area (Å²) in [6.07, 6.45) is 2.20. The van der Waals surface area contributed by atoms with Gasteiger partial charge in [0.25, 0.3) is 0 Å². The Bertz CT molecular complexity index is 347. The lowest BCUT2D eigenvalue weighted by Gasteiger charge is -2.28. The topological polar surface area (TPSA) is 26.0 Å². The van der Waals surface area contributed by atoms with Gasteiger partial charge in [0.1, 0.15) is 0 Å². The molecule has 1 atom stereocenters. The van der Waals surface area contributed by atoms with Gasteiger partial charge in [0.2, 0.25) is 0 Å². The molecule has 1 unspecified atom stereocenters. The van der Waals surface area contributed by atoms with Crippen LogP contribution in [-0.4, -0.2) is 0 Å². The highest BCUT2D eigenvalue weighted by molar-refractivity contribution is 5.34. The van der Waals surface area contributed by atoms with Gasteiger partial charge in [-0.15, -0.1) is 0 Å². The van der Waals surface area contributed by atoms with Crippen molar-refractivity contribution in [2.24, 2.45) is 11.1 Å². The first-order chi connectivity index (χ1) is 7.40. The Balaban J connectivity index is 3.08. The van der Waals surface area contributed by atoms with Crippen LogP contribution in [0, 0.1) is 5.41 Å². The number of hydrogen-bond donors (Lipinski definition) is 1. The molecule has 0 saturated heterocycles. The largest absolute Gasteiger partial charge is 0.324 e. The second-order valence-corrected chi connectivity index (χ2v) is 5.58. The summed E-state index contributed by atoms with van der Waals surface area (Å²) in [7, 11) is 0. The summed E-state index contributed by atoms with van der Waals surface area (Å²) in [5.41, 5.74) is 10.6. The highest BCUT2D eigenvalue weighted by atomic mass is 14.7. The number of rotatable bonds is 3. The van der Waals surface area contributed by atoms with Crippen LogP contribution in [0.5, 0.6) is 0 Å². The minimum absolute atomic E-state index is 0.115. The molecule has 0 radical (unpaired) electrons. The maximum Gasteiger partial charge on any atom is 0.0344 e. The molecular weight excluding hydrogens is 194 g/mol. The summed E-state index contributed by atoms with van der Waals surface area (Å²) in [6.45, 7) is 11.0. The summed E-state index contributed by atoms with van der Waals surface area (Å²) in [4.78, 5) is 0. The van der Waals surface area contributed by atoms with E-state index in [1.165, 1.54) is 16.7 Å². The Hall–Kier alpha value is -0.820. The van der Waals surface area contributed by atoms with Crippen LogP contribution in [0.2, 0.25) is 0 Å². The SMILES string of the molecule is CCc1ccc(C(N)C(C)(C)C)cc1CC. The van der Waals surface area contributed by atoms with Gasteiger partial charge in [-0.1, -0.05) is 52.8 Å². The third kappa shape index (κ3) is 2.85. The first-order valence-electron chi connectivity index (χ1n) is 6.27. The first kappa shape index (κ1) is 13.2. The molecule has 1 aromatic rings. The lowest BCUT2D eigenvalue weighted by molar-refractivity contribution is 0.327. The van der Waals surface area contributed by atoms with Crippen molar-refractivity contribution in [3.8, 4) is 0 Å². The van der Waals surface area contributed by atoms with Crippen LogP contribution < -0.4 is 5.73 Å². The summed E-state index contributed by atoms with van der Waals surface area (Å²) >= 11 is 0. The maximum absolute atomic E-state index is 6.29. The Morgan fingerprint density at radius 2 is 1.62 bits per heavy atom. The molecule has 0 heterocycles. The molecule has 2 N–H and O–H groups in total. The predicted molar refractivity (Wildman–Crippen MR) is 71.6 cm³/mol. The quantitative estimate of drug-likeness (QED) is 0.821. The molecule has 0 spiro atoms. The van der Waals surface area contributed by atoms with E-state index in [0.717, 1.165) is 12.8 Å². The molecule has 0 bridgehead atoms. The van der Waals surface area contributed by atoms with Crippen LogP contribution in [0.3, 0.4) is 0 Å². The lowest BCUT2D eigenvalue weighted by atomic mass is 9.82. The highest BCUT2D eigenvalue weighted by Gasteiger charge is 2.22. The van der Waals surface area contributed by atoms with Gasteiger partial charge in [0, 0.05) is 6.04 Å². The van der Waals surface area contributed by atoms with Crippen molar-refractivity contribution in [2.45, 2.75) is 53.5 Å². The zero-order valence-electron chi connectivity index (χ0n) is 11.3. The maximum atomic E-state index is 6.29. The van der Waals surface area contributed by atoms with E-state index in [0.29, 0.717) is 0 Å². The Kier molecular flexibility index (Phi) is 4.15. The molecule has 0 amide bonds. The second kappa shape index (κ2) is 5.01. The minimum Gasteiger partial charge on any atom is -0.324 e. The zero-order chi connectivity index (χ0) is 12.3. The van der Waals surface area contributed by atoms with Gasteiger partial charge in [-0.3, -0.25) is 0 Å². The van der Waals surface area contributed by atoms with Crippen molar-refractivity contribution in [2.75, 3.05) is 0 Å². The molecule has 1 aromatic carbocycles. The standard InChI is InChI=1S/C15H25N/c1-6-11-8-9-13(10-12(11)7-2)14(16)15(3,4)5/h8-10,14H,6-7,16H2,1-5H3. The monoisotopic (exact) mass is 219 g/mol. The fraction of sp³-hybridized carbons (Fsp3) is 0.600. The second-order valence-electron chi connectivity index (χ2n) is 5.58. The molecule has 1 rings (SSSR count). The molecule has 0 fully saturated rings. The normalized spacial score (nSPS) is 13.9. The van der Waals surface area contributed by atoms with E-state index in [1.807, 2.05) is 0 Å². The van der Waals surface area contributed by atoms with Gasteiger partial charge in [0.05, 0.1) is 0 Å². The molecule has 1 heteroatoms. The molecular formula is C15H25N. The van der Waals surface area contributed by atoms with E-state index in [2.05, 4.69) is 52.8 Å². The van der Waals surface area contributed by atoms with Crippen LogP contribution in [0.15, 0.2) is 18.2 Å². The Morgan fingerprint density at radius 1 is 1.06 bits per heavy atom. The van der Waals surface area contributed by atoms with Crippen molar-refractivity contribution >= 4 is 0 Å². The molecule has 0 aliphatic rings. The third-order valence-corrected chi connectivity index (χ3v) is 3.28. The summed E-state index contributed by atoms with van der Waals surface area (Å²) < 4.78 is 0. The highest BCUT2D eigenvalue weighted by Crippen LogP contribution is 2.31. The molecule has 0 aliphatic carbocycles. The van der Waals surface area contributed by atoms with Crippen molar-refractivity contribution in [3.05, 3.63) is 34.9 Å². The first-order valence-corrected chi connectivity index (χ1v) is 6.27. The average molecular weight is 219 g/mol. The number of nitrogens with two attached hydrogens (primary N) is 1. The van der Waals surface area contributed by atoms with E-state index >= 15 is 0 Å². The lowest BCUT2D eigenvalue weighted by Crippen LogP contribution is -2.26. The number of benzene rings is 1.